The molecule has 0 radical (unpaired) electrons. The number of nitrogen functional groups attached to an aromatic ring is 1. The smallest absolute Gasteiger partial charge is 0.420 e. The minimum Gasteiger partial charge on any atom is -0.492 e. The van der Waals surface area contributed by atoms with E-state index in [2.05, 4.69) is 0 Å². The molecule has 0 amide bonds. The summed E-state index contributed by atoms with van der Waals surface area (Å²) < 4.78 is 66.1. The third-order valence-electron chi connectivity index (χ3n) is 2.48. The Morgan fingerprint density at radius 3 is 2.45 bits per heavy atom. The molecule has 0 aliphatic heterocycles. The molecule has 4 nitrogen and oxygen atoms in total. The third-order valence-corrected chi connectivity index (χ3v) is 4.29. The molecule has 2 N–H and O–H groups in total. The minimum absolute atomic E-state index is 0.00970. The van der Waals surface area contributed by atoms with Crippen LogP contribution in [0.15, 0.2) is 18.2 Å². The van der Waals surface area contributed by atoms with E-state index in [0.29, 0.717) is 6.42 Å². The Morgan fingerprint density at radius 1 is 1.25 bits per heavy atom. The first kappa shape index (κ1) is 16.6. The lowest BCUT2D eigenvalue weighted by Crippen LogP contribution is -2.18. The number of sulfone groups is 1. The van der Waals surface area contributed by atoms with E-state index < -0.39 is 27.3 Å². The van der Waals surface area contributed by atoms with Gasteiger partial charge in [0.15, 0.2) is 9.84 Å². The molecule has 0 aliphatic carbocycles. The molecule has 114 valence electrons. The van der Waals surface area contributed by atoms with E-state index in [0.717, 1.165) is 12.1 Å². The topological polar surface area (TPSA) is 69.4 Å². The zero-order valence-corrected chi connectivity index (χ0v) is 11.7. The van der Waals surface area contributed by atoms with E-state index in [4.69, 9.17) is 10.5 Å². The van der Waals surface area contributed by atoms with Gasteiger partial charge in [-0.05, 0) is 24.6 Å². The molecule has 0 fully saturated rings. The Labute approximate surface area is 115 Å². The highest BCUT2D eigenvalue weighted by atomic mass is 32.2. The lowest BCUT2D eigenvalue weighted by molar-refractivity contribution is -0.138. The zero-order valence-electron chi connectivity index (χ0n) is 10.9. The average molecular weight is 311 g/mol. The van der Waals surface area contributed by atoms with Crippen molar-refractivity contribution in [3.8, 4) is 5.75 Å². The summed E-state index contributed by atoms with van der Waals surface area (Å²) in [5.74, 6) is -0.745. The van der Waals surface area contributed by atoms with E-state index in [1.54, 1.807) is 6.92 Å². The van der Waals surface area contributed by atoms with E-state index >= 15 is 0 Å². The lowest BCUT2D eigenvalue weighted by atomic mass is 10.1. The average Bonchev–Trinajstić information content (AvgIpc) is 2.29. The summed E-state index contributed by atoms with van der Waals surface area (Å²) >= 11 is 0. The molecule has 1 rings (SSSR count). The normalized spacial score (nSPS) is 12.4. The number of alkyl halides is 3. The molecule has 20 heavy (non-hydrogen) atoms. The number of halogens is 3. The summed E-state index contributed by atoms with van der Waals surface area (Å²) in [6.45, 7) is 1.38. The van der Waals surface area contributed by atoms with Crippen molar-refractivity contribution in [1.82, 2.24) is 0 Å². The molecule has 1 aromatic rings. The summed E-state index contributed by atoms with van der Waals surface area (Å²) in [6, 6.07) is 3.12. The van der Waals surface area contributed by atoms with Gasteiger partial charge in [-0.1, -0.05) is 6.92 Å². The molecule has 0 saturated heterocycles. The molecule has 0 saturated carbocycles. The van der Waals surface area contributed by atoms with E-state index in [1.165, 1.54) is 6.07 Å². The maximum atomic E-state index is 12.8. The molecule has 8 heteroatoms. The molecule has 0 heterocycles. The van der Waals surface area contributed by atoms with Crippen LogP contribution in [0.3, 0.4) is 0 Å². The number of hydrogen-bond acceptors (Lipinski definition) is 4. The summed E-state index contributed by atoms with van der Waals surface area (Å²) in [5, 5.41) is 0. The van der Waals surface area contributed by atoms with Crippen LogP contribution in [0, 0.1) is 0 Å². The maximum Gasteiger partial charge on any atom is 0.420 e. The Kier molecular flexibility index (Phi) is 5.27. The quantitative estimate of drug-likeness (QED) is 0.820. The van der Waals surface area contributed by atoms with Crippen LogP contribution in [0.2, 0.25) is 0 Å². The first-order valence-electron chi connectivity index (χ1n) is 5.95. The summed E-state index contributed by atoms with van der Waals surface area (Å²) in [6.07, 6.45) is -4.15. The van der Waals surface area contributed by atoms with Crippen molar-refractivity contribution in [2.24, 2.45) is 0 Å². The highest BCUT2D eigenvalue weighted by molar-refractivity contribution is 7.91. The third kappa shape index (κ3) is 4.92. The molecule has 0 atom stereocenters. The second-order valence-corrected chi connectivity index (χ2v) is 6.56. The van der Waals surface area contributed by atoms with Crippen LogP contribution in [0.4, 0.5) is 18.9 Å². The fraction of sp³-hybridized carbons (Fsp3) is 0.500. The zero-order chi connectivity index (χ0) is 15.4. The molecule has 0 aliphatic rings. The van der Waals surface area contributed by atoms with Crippen molar-refractivity contribution >= 4 is 15.5 Å². The molecular weight excluding hydrogens is 295 g/mol. The van der Waals surface area contributed by atoms with Gasteiger partial charge in [-0.3, -0.25) is 0 Å². The summed E-state index contributed by atoms with van der Waals surface area (Å²) in [7, 11) is -3.29. The Hall–Kier alpha value is -1.44. The lowest BCUT2D eigenvalue weighted by Gasteiger charge is -2.14. The van der Waals surface area contributed by atoms with Gasteiger partial charge in [0.1, 0.15) is 12.4 Å². The van der Waals surface area contributed by atoms with Crippen LogP contribution >= 0.6 is 0 Å². The van der Waals surface area contributed by atoms with Crippen LogP contribution in [0.5, 0.6) is 5.75 Å². The predicted molar refractivity (Wildman–Crippen MR) is 70.3 cm³/mol. The molecule has 0 unspecified atom stereocenters. The number of hydrogen-bond donors (Lipinski definition) is 1. The number of anilines is 1. The van der Waals surface area contributed by atoms with Crippen LogP contribution in [0.25, 0.3) is 0 Å². The minimum atomic E-state index is -4.60. The van der Waals surface area contributed by atoms with Crippen molar-refractivity contribution in [2.75, 3.05) is 23.8 Å². The highest BCUT2D eigenvalue weighted by Gasteiger charge is 2.34. The Morgan fingerprint density at radius 2 is 1.90 bits per heavy atom. The standard InChI is InChI=1S/C12H16F3NO3S/c1-2-6-20(17,18)7-5-19-11-4-3-9(16)8-10(11)12(13,14)15/h3-4,8H,2,5-7,16H2,1H3. The van der Waals surface area contributed by atoms with Crippen molar-refractivity contribution < 1.29 is 26.3 Å². The number of benzene rings is 1. The van der Waals surface area contributed by atoms with Gasteiger partial charge < -0.3 is 10.5 Å². The van der Waals surface area contributed by atoms with Crippen LogP contribution in [0.1, 0.15) is 18.9 Å². The predicted octanol–water partition coefficient (Wildman–Crippen LogP) is 2.49. The van der Waals surface area contributed by atoms with Crippen LogP contribution in [-0.2, 0) is 16.0 Å². The van der Waals surface area contributed by atoms with Gasteiger partial charge in [0.2, 0.25) is 0 Å². The largest absolute Gasteiger partial charge is 0.492 e. The van der Waals surface area contributed by atoms with Gasteiger partial charge in [-0.2, -0.15) is 13.2 Å². The van der Waals surface area contributed by atoms with Crippen LogP contribution < -0.4 is 10.5 Å². The first-order chi connectivity index (χ1) is 9.15. The van der Waals surface area contributed by atoms with Gasteiger partial charge in [0, 0.05) is 5.69 Å². The molecule has 0 spiro atoms. The molecule has 0 aromatic heterocycles. The van der Waals surface area contributed by atoms with E-state index in [-0.39, 0.29) is 23.8 Å². The Bertz CT molecular complexity index is 556. The molecular formula is C12H16F3NO3S. The molecule has 0 bridgehead atoms. The fourth-order valence-corrected chi connectivity index (χ4v) is 2.75. The fourth-order valence-electron chi connectivity index (χ4n) is 1.59. The number of rotatable bonds is 6. The van der Waals surface area contributed by atoms with Gasteiger partial charge in [-0.25, -0.2) is 8.42 Å². The first-order valence-corrected chi connectivity index (χ1v) is 7.78. The SMILES string of the molecule is CCCS(=O)(=O)CCOc1ccc(N)cc1C(F)(F)F. The number of nitrogens with two attached hydrogens (primary N) is 1. The van der Waals surface area contributed by atoms with Gasteiger partial charge in [0.05, 0.1) is 17.1 Å². The summed E-state index contributed by atoms with van der Waals surface area (Å²) in [5.41, 5.74) is 4.26. The monoisotopic (exact) mass is 311 g/mol. The van der Waals surface area contributed by atoms with Crippen molar-refractivity contribution in [2.45, 2.75) is 19.5 Å². The maximum absolute atomic E-state index is 12.8. The molecule has 1 aromatic carbocycles. The highest BCUT2D eigenvalue weighted by Crippen LogP contribution is 2.37. The van der Waals surface area contributed by atoms with Crippen molar-refractivity contribution in [3.05, 3.63) is 23.8 Å². The number of ether oxygens (including phenoxy) is 1. The second kappa shape index (κ2) is 6.34. The van der Waals surface area contributed by atoms with Gasteiger partial charge >= 0.3 is 6.18 Å². The van der Waals surface area contributed by atoms with Crippen LogP contribution in [-0.4, -0.2) is 26.5 Å². The van der Waals surface area contributed by atoms with E-state index in [9.17, 15) is 21.6 Å². The summed E-state index contributed by atoms with van der Waals surface area (Å²) in [4.78, 5) is 0. The van der Waals surface area contributed by atoms with Crippen molar-refractivity contribution in [1.29, 1.82) is 0 Å². The Balaban J connectivity index is 2.79. The van der Waals surface area contributed by atoms with Gasteiger partial charge in [-0.15, -0.1) is 0 Å². The second-order valence-electron chi connectivity index (χ2n) is 4.25. The van der Waals surface area contributed by atoms with E-state index in [1.807, 2.05) is 0 Å². The van der Waals surface area contributed by atoms with Gasteiger partial charge in [0.25, 0.3) is 0 Å². The van der Waals surface area contributed by atoms with Crippen molar-refractivity contribution in [3.63, 3.8) is 0 Å².